The van der Waals surface area contributed by atoms with Crippen LogP contribution in [0.1, 0.15) is 33.6 Å². The van der Waals surface area contributed by atoms with E-state index in [0.717, 1.165) is 6.42 Å². The van der Waals surface area contributed by atoms with Crippen molar-refractivity contribution in [3.63, 3.8) is 0 Å². The molecular weight excluding hydrogens is 472 g/mol. The van der Waals surface area contributed by atoms with Gasteiger partial charge in [-0.2, -0.15) is 0 Å². The Hall–Kier alpha value is -4.42. The second kappa shape index (κ2) is 12.9. The van der Waals surface area contributed by atoms with Crippen LogP contribution in [0.5, 0.6) is 5.75 Å². The van der Waals surface area contributed by atoms with E-state index in [2.05, 4.69) is 21.0 Å². The number of nitrogens with two attached hydrogens (primary N) is 1. The number of primary amides is 1. The van der Waals surface area contributed by atoms with Crippen LogP contribution < -0.4 is 27.0 Å². The normalized spacial score (nSPS) is 10.4. The van der Waals surface area contributed by atoms with Crippen molar-refractivity contribution in [2.75, 3.05) is 13.2 Å². The standard InChI is InChI=1S/C19H22N4O5.C4H8N2O2/c1-3-9-22-17-15(18(26)23(10-4-2)19(22)27)20-16(21-17)12-5-7-13(8-6-12)28-11-14(24)25;1-3(7)6-2-4(5)8/h5-8H,3-4,9-11H2,1-2H3,(H,20,21)(H,24,25);2H2,1H3,(H2,5,8)(H,6,7). The smallest absolute Gasteiger partial charge is 0.341 e. The molecule has 13 heteroatoms. The zero-order valence-corrected chi connectivity index (χ0v) is 20.4. The van der Waals surface area contributed by atoms with Crippen LogP contribution in [0.4, 0.5) is 0 Å². The average Bonchev–Trinajstić information content (AvgIpc) is 3.28. The van der Waals surface area contributed by atoms with Gasteiger partial charge in [0.05, 0.1) is 6.54 Å². The molecule has 0 saturated heterocycles. The second-order valence-corrected chi connectivity index (χ2v) is 7.76. The zero-order chi connectivity index (χ0) is 26.8. The Morgan fingerprint density at radius 1 is 1.08 bits per heavy atom. The van der Waals surface area contributed by atoms with Gasteiger partial charge >= 0.3 is 11.7 Å². The first kappa shape index (κ1) is 27.8. The van der Waals surface area contributed by atoms with Crippen molar-refractivity contribution in [2.24, 2.45) is 5.73 Å². The van der Waals surface area contributed by atoms with Gasteiger partial charge in [0.15, 0.2) is 12.3 Å². The van der Waals surface area contributed by atoms with Crippen molar-refractivity contribution in [3.8, 4) is 17.1 Å². The second-order valence-electron chi connectivity index (χ2n) is 7.76. The van der Waals surface area contributed by atoms with E-state index in [0.29, 0.717) is 47.8 Å². The highest BCUT2D eigenvalue weighted by Crippen LogP contribution is 2.21. The highest BCUT2D eigenvalue weighted by molar-refractivity contribution is 5.82. The number of imidazole rings is 1. The number of benzene rings is 1. The number of aryl methyl sites for hydroxylation is 1. The predicted molar refractivity (Wildman–Crippen MR) is 132 cm³/mol. The molecular formula is C23H30N6O7. The number of aromatic nitrogens is 4. The summed E-state index contributed by atoms with van der Waals surface area (Å²) in [6.07, 6.45) is 1.41. The van der Waals surface area contributed by atoms with Crippen molar-refractivity contribution in [3.05, 3.63) is 45.1 Å². The Kier molecular flexibility index (Phi) is 9.95. The Morgan fingerprint density at radius 2 is 1.69 bits per heavy atom. The fraction of sp³-hybridized carbons (Fsp3) is 0.391. The van der Waals surface area contributed by atoms with Gasteiger partial charge in [0.2, 0.25) is 11.8 Å². The maximum Gasteiger partial charge on any atom is 0.341 e. The summed E-state index contributed by atoms with van der Waals surface area (Å²) in [5.41, 5.74) is 5.28. The van der Waals surface area contributed by atoms with E-state index in [-0.39, 0.29) is 23.7 Å². The molecule has 194 valence electrons. The fourth-order valence-electron chi connectivity index (χ4n) is 3.21. The molecule has 2 amide bonds. The number of amides is 2. The lowest BCUT2D eigenvalue weighted by molar-refractivity contribution is -0.139. The fourth-order valence-corrected chi connectivity index (χ4v) is 3.21. The summed E-state index contributed by atoms with van der Waals surface area (Å²) in [7, 11) is 0. The number of carboxylic acid groups (broad SMARTS) is 1. The van der Waals surface area contributed by atoms with E-state index in [4.69, 9.17) is 9.84 Å². The SMILES string of the molecule is CC(=O)NCC(N)=O.CCCn1c(=O)c2[nH]c(-c3ccc(OCC(=O)O)cc3)nc2n(CCC)c1=O. The molecule has 13 nitrogen and oxygen atoms in total. The van der Waals surface area contributed by atoms with Crippen molar-refractivity contribution in [1.29, 1.82) is 0 Å². The molecule has 0 fully saturated rings. The quantitative estimate of drug-likeness (QED) is 0.307. The number of carbonyl (C=O) groups excluding carboxylic acids is 2. The third kappa shape index (κ3) is 7.29. The van der Waals surface area contributed by atoms with Crippen LogP contribution in [0.15, 0.2) is 33.9 Å². The minimum Gasteiger partial charge on any atom is -0.482 e. The molecule has 0 atom stereocenters. The number of aromatic amines is 1. The summed E-state index contributed by atoms with van der Waals surface area (Å²) in [6.45, 7) is 5.50. The minimum absolute atomic E-state index is 0.0741. The molecule has 0 saturated carbocycles. The number of rotatable bonds is 10. The monoisotopic (exact) mass is 502 g/mol. The van der Waals surface area contributed by atoms with Gasteiger partial charge in [0, 0.05) is 25.6 Å². The lowest BCUT2D eigenvalue weighted by atomic mass is 10.2. The van der Waals surface area contributed by atoms with E-state index >= 15 is 0 Å². The lowest BCUT2D eigenvalue weighted by Crippen LogP contribution is -2.40. The Labute approximate surface area is 205 Å². The van der Waals surface area contributed by atoms with Crippen molar-refractivity contribution >= 4 is 28.9 Å². The molecule has 3 rings (SSSR count). The van der Waals surface area contributed by atoms with Crippen LogP contribution in [0.3, 0.4) is 0 Å². The van der Waals surface area contributed by atoms with Crippen LogP contribution in [0.2, 0.25) is 0 Å². The van der Waals surface area contributed by atoms with Gasteiger partial charge in [-0.05, 0) is 37.1 Å². The number of nitrogens with zero attached hydrogens (tertiary/aromatic N) is 3. The minimum atomic E-state index is -1.06. The third-order valence-electron chi connectivity index (χ3n) is 4.76. The van der Waals surface area contributed by atoms with Crippen LogP contribution in [0.25, 0.3) is 22.6 Å². The molecule has 2 heterocycles. The molecule has 0 radical (unpaired) electrons. The molecule has 0 unspecified atom stereocenters. The van der Waals surface area contributed by atoms with E-state index in [9.17, 15) is 24.0 Å². The number of hydrogen-bond donors (Lipinski definition) is 4. The largest absolute Gasteiger partial charge is 0.482 e. The van der Waals surface area contributed by atoms with Gasteiger partial charge in [0.1, 0.15) is 17.1 Å². The van der Waals surface area contributed by atoms with E-state index in [1.165, 1.54) is 16.1 Å². The highest BCUT2D eigenvalue weighted by Gasteiger charge is 2.17. The molecule has 0 aliphatic carbocycles. The van der Waals surface area contributed by atoms with Crippen molar-refractivity contribution in [1.82, 2.24) is 24.4 Å². The molecule has 2 aromatic heterocycles. The number of carbonyl (C=O) groups is 3. The van der Waals surface area contributed by atoms with E-state index in [1.807, 2.05) is 13.8 Å². The molecule has 0 bridgehead atoms. The van der Waals surface area contributed by atoms with E-state index in [1.54, 1.807) is 24.3 Å². The lowest BCUT2D eigenvalue weighted by Gasteiger charge is -2.09. The molecule has 1 aromatic carbocycles. The van der Waals surface area contributed by atoms with Crippen LogP contribution in [0, 0.1) is 0 Å². The topological polar surface area (TPSA) is 191 Å². The van der Waals surface area contributed by atoms with Gasteiger partial charge in [-0.3, -0.25) is 23.5 Å². The Morgan fingerprint density at radius 3 is 2.19 bits per heavy atom. The van der Waals surface area contributed by atoms with Gasteiger partial charge in [-0.15, -0.1) is 0 Å². The molecule has 5 N–H and O–H groups in total. The number of aliphatic carboxylic acids is 1. The Balaban J connectivity index is 0.000000493. The number of fused-ring (bicyclic) bond motifs is 1. The summed E-state index contributed by atoms with van der Waals surface area (Å²) in [6, 6.07) is 6.67. The summed E-state index contributed by atoms with van der Waals surface area (Å²) >= 11 is 0. The molecule has 0 aliphatic rings. The highest BCUT2D eigenvalue weighted by atomic mass is 16.5. The number of carboxylic acids is 1. The summed E-state index contributed by atoms with van der Waals surface area (Å²) < 4.78 is 7.88. The Bertz CT molecular complexity index is 1320. The molecule has 3 aromatic rings. The first-order chi connectivity index (χ1) is 17.1. The van der Waals surface area contributed by atoms with Crippen molar-refractivity contribution in [2.45, 2.75) is 46.7 Å². The summed E-state index contributed by atoms with van der Waals surface area (Å²) in [5, 5.41) is 10.9. The number of H-pyrrole nitrogens is 1. The average molecular weight is 503 g/mol. The first-order valence-corrected chi connectivity index (χ1v) is 11.3. The van der Waals surface area contributed by atoms with Gasteiger partial charge in [0.25, 0.3) is 5.56 Å². The van der Waals surface area contributed by atoms with Crippen LogP contribution >= 0.6 is 0 Å². The zero-order valence-electron chi connectivity index (χ0n) is 20.4. The number of ether oxygens (including phenoxy) is 1. The molecule has 0 aliphatic heterocycles. The predicted octanol–water partition coefficient (Wildman–Crippen LogP) is 0.445. The van der Waals surface area contributed by atoms with E-state index < -0.39 is 18.5 Å². The van der Waals surface area contributed by atoms with Gasteiger partial charge in [-0.25, -0.2) is 14.6 Å². The molecule has 36 heavy (non-hydrogen) atoms. The van der Waals surface area contributed by atoms with Crippen LogP contribution in [-0.4, -0.2) is 55.1 Å². The maximum absolute atomic E-state index is 12.7. The number of nitrogens with one attached hydrogen (secondary N) is 2. The third-order valence-corrected chi connectivity index (χ3v) is 4.76. The van der Waals surface area contributed by atoms with Gasteiger partial charge < -0.3 is 25.9 Å². The van der Waals surface area contributed by atoms with Gasteiger partial charge in [-0.1, -0.05) is 13.8 Å². The molecule has 0 spiro atoms. The first-order valence-electron chi connectivity index (χ1n) is 11.3. The van der Waals surface area contributed by atoms with Crippen molar-refractivity contribution < 1.29 is 24.2 Å². The summed E-state index contributed by atoms with van der Waals surface area (Å²) in [5.74, 6) is -0.964. The summed E-state index contributed by atoms with van der Waals surface area (Å²) in [4.78, 5) is 63.5. The van der Waals surface area contributed by atoms with Crippen LogP contribution in [-0.2, 0) is 27.5 Å². The maximum atomic E-state index is 12.7. The number of hydrogen-bond acceptors (Lipinski definition) is 7.